The van der Waals surface area contributed by atoms with E-state index in [0.717, 1.165) is 16.8 Å². The third-order valence-electron chi connectivity index (χ3n) is 3.64. The highest BCUT2D eigenvalue weighted by molar-refractivity contribution is 5.72. The Hall–Kier alpha value is -2.54. The third kappa shape index (κ3) is 4.51. The number of hydrogen-bond donors (Lipinski definition) is 5. The zero-order valence-electron chi connectivity index (χ0n) is 12.8. The summed E-state index contributed by atoms with van der Waals surface area (Å²) in [6.07, 6.45) is -4.35. The second kappa shape index (κ2) is 7.57. The second-order valence-corrected chi connectivity index (χ2v) is 5.48. The standard InChI is InChI=1S/C13H17N3O9/c17-6-3-8(16-2-1-7(18)14-13(16)24)25-11(6)12(23)15(4-9(19)20)5-10(21)22/h1-2,6,8,11-12,17,23H,3-5H2,(H,19,20)(H,21,22)(H,14,18,24)/t6-,8+,11-,12?/m0/s1. The molecule has 0 radical (unpaired) electrons. The first-order valence-corrected chi connectivity index (χ1v) is 7.19. The van der Waals surface area contributed by atoms with Crippen molar-refractivity contribution in [2.75, 3.05) is 13.1 Å². The molecule has 0 spiro atoms. The van der Waals surface area contributed by atoms with Crippen LogP contribution in [0.3, 0.4) is 0 Å². The van der Waals surface area contributed by atoms with Gasteiger partial charge in [-0.3, -0.25) is 28.8 Å². The Morgan fingerprint density at radius 1 is 1.32 bits per heavy atom. The molecule has 25 heavy (non-hydrogen) atoms. The predicted octanol–water partition coefficient (Wildman–Crippen LogP) is -3.03. The van der Waals surface area contributed by atoms with Gasteiger partial charge in [0, 0.05) is 18.7 Å². The third-order valence-corrected chi connectivity index (χ3v) is 3.64. The number of carbonyl (C=O) groups is 2. The molecule has 1 aromatic heterocycles. The van der Waals surface area contributed by atoms with E-state index in [0.29, 0.717) is 4.90 Å². The maximum atomic E-state index is 11.8. The molecule has 1 unspecified atom stereocenters. The van der Waals surface area contributed by atoms with Gasteiger partial charge in [-0.2, -0.15) is 0 Å². The number of aliphatic carboxylic acids is 2. The van der Waals surface area contributed by atoms with Crippen LogP contribution in [0.15, 0.2) is 21.9 Å². The molecular weight excluding hydrogens is 342 g/mol. The van der Waals surface area contributed by atoms with Gasteiger partial charge in [0.25, 0.3) is 5.56 Å². The Morgan fingerprint density at radius 3 is 2.44 bits per heavy atom. The Kier molecular flexibility index (Phi) is 5.69. The quantitative estimate of drug-likeness (QED) is 0.314. The largest absolute Gasteiger partial charge is 0.480 e. The van der Waals surface area contributed by atoms with Gasteiger partial charge in [-0.1, -0.05) is 0 Å². The number of nitrogens with zero attached hydrogens (tertiary/aromatic N) is 2. The van der Waals surface area contributed by atoms with Crippen molar-refractivity contribution in [3.63, 3.8) is 0 Å². The van der Waals surface area contributed by atoms with Crippen molar-refractivity contribution in [1.82, 2.24) is 14.5 Å². The number of aliphatic hydroxyl groups is 2. The lowest BCUT2D eigenvalue weighted by Gasteiger charge is -2.30. The maximum absolute atomic E-state index is 11.8. The smallest absolute Gasteiger partial charge is 0.330 e. The molecule has 0 bridgehead atoms. The van der Waals surface area contributed by atoms with Crippen molar-refractivity contribution in [1.29, 1.82) is 0 Å². The molecule has 2 heterocycles. The normalized spacial score (nSPS) is 24.4. The van der Waals surface area contributed by atoms with Crippen LogP contribution in [0.4, 0.5) is 0 Å². The first kappa shape index (κ1) is 18.8. The van der Waals surface area contributed by atoms with Crippen molar-refractivity contribution >= 4 is 11.9 Å². The molecule has 0 amide bonds. The van der Waals surface area contributed by atoms with Gasteiger partial charge >= 0.3 is 17.6 Å². The monoisotopic (exact) mass is 359 g/mol. The zero-order chi connectivity index (χ0) is 18.7. The fraction of sp³-hybridized carbons (Fsp3) is 0.538. The van der Waals surface area contributed by atoms with E-state index in [9.17, 15) is 29.4 Å². The summed E-state index contributed by atoms with van der Waals surface area (Å²) < 4.78 is 6.40. The van der Waals surface area contributed by atoms with Gasteiger partial charge in [0.1, 0.15) is 18.6 Å². The fourth-order valence-corrected chi connectivity index (χ4v) is 2.57. The second-order valence-electron chi connectivity index (χ2n) is 5.48. The molecule has 1 saturated heterocycles. The van der Waals surface area contributed by atoms with Crippen LogP contribution in [0.25, 0.3) is 0 Å². The summed E-state index contributed by atoms with van der Waals surface area (Å²) in [5, 5.41) is 37.9. The Morgan fingerprint density at radius 2 is 1.92 bits per heavy atom. The molecule has 138 valence electrons. The summed E-state index contributed by atoms with van der Waals surface area (Å²) in [6, 6.07) is 1.07. The van der Waals surface area contributed by atoms with Gasteiger partial charge < -0.3 is 25.2 Å². The van der Waals surface area contributed by atoms with Crippen molar-refractivity contribution < 1.29 is 34.8 Å². The summed E-state index contributed by atoms with van der Waals surface area (Å²) in [7, 11) is 0. The SMILES string of the molecule is O=C(O)CN(CC(=O)O)C(O)[C@H]1O[C@@H](n2ccc(=O)[nH]c2=O)C[C@@H]1O. The summed E-state index contributed by atoms with van der Waals surface area (Å²) in [6.45, 7) is -1.58. The van der Waals surface area contributed by atoms with Crippen LogP contribution in [0.2, 0.25) is 0 Å². The minimum Gasteiger partial charge on any atom is -0.480 e. The number of carboxylic acid groups (broad SMARTS) is 2. The Bertz CT molecular complexity index is 742. The lowest BCUT2D eigenvalue weighted by Crippen LogP contribution is -2.51. The maximum Gasteiger partial charge on any atom is 0.330 e. The van der Waals surface area contributed by atoms with Gasteiger partial charge in [0.05, 0.1) is 19.2 Å². The highest BCUT2D eigenvalue weighted by Crippen LogP contribution is 2.30. The molecule has 4 atom stereocenters. The van der Waals surface area contributed by atoms with E-state index < -0.39 is 60.9 Å². The van der Waals surface area contributed by atoms with E-state index in [1.807, 2.05) is 4.98 Å². The summed E-state index contributed by atoms with van der Waals surface area (Å²) >= 11 is 0. The number of nitrogens with one attached hydrogen (secondary N) is 1. The molecule has 5 N–H and O–H groups in total. The number of H-pyrrole nitrogens is 1. The summed E-state index contributed by atoms with van der Waals surface area (Å²) in [5.41, 5.74) is -1.40. The van der Waals surface area contributed by atoms with Crippen molar-refractivity contribution in [2.24, 2.45) is 0 Å². The molecule has 2 rings (SSSR count). The molecule has 12 nitrogen and oxygen atoms in total. The van der Waals surface area contributed by atoms with Crippen LogP contribution >= 0.6 is 0 Å². The van der Waals surface area contributed by atoms with E-state index in [4.69, 9.17) is 14.9 Å². The van der Waals surface area contributed by atoms with Crippen molar-refractivity contribution in [3.8, 4) is 0 Å². The number of ether oxygens (including phenoxy) is 1. The number of hydrogen-bond acceptors (Lipinski definition) is 8. The zero-order valence-corrected chi connectivity index (χ0v) is 12.8. The molecular formula is C13H17N3O9. The van der Waals surface area contributed by atoms with Gasteiger partial charge in [-0.05, 0) is 0 Å². The number of aliphatic hydroxyl groups excluding tert-OH is 2. The molecule has 0 aliphatic carbocycles. The van der Waals surface area contributed by atoms with E-state index in [-0.39, 0.29) is 6.42 Å². The van der Waals surface area contributed by atoms with E-state index in [2.05, 4.69) is 0 Å². The van der Waals surface area contributed by atoms with Crippen LogP contribution in [0.5, 0.6) is 0 Å². The van der Waals surface area contributed by atoms with Crippen LogP contribution in [-0.4, -0.2) is 78.3 Å². The lowest BCUT2D eigenvalue weighted by atomic mass is 10.1. The highest BCUT2D eigenvalue weighted by atomic mass is 16.5. The Labute approximate surface area is 139 Å². The summed E-state index contributed by atoms with van der Waals surface area (Å²) in [4.78, 5) is 47.2. The van der Waals surface area contributed by atoms with Gasteiger partial charge in [-0.25, -0.2) is 4.79 Å². The van der Waals surface area contributed by atoms with E-state index >= 15 is 0 Å². The molecule has 1 aromatic rings. The Balaban J connectivity index is 2.18. The van der Waals surface area contributed by atoms with Crippen molar-refractivity contribution in [3.05, 3.63) is 33.1 Å². The topological polar surface area (TPSA) is 182 Å². The number of aromatic nitrogens is 2. The molecule has 0 aromatic carbocycles. The summed E-state index contributed by atoms with van der Waals surface area (Å²) in [5.74, 6) is -2.75. The predicted molar refractivity (Wildman–Crippen MR) is 78.7 cm³/mol. The van der Waals surface area contributed by atoms with E-state index in [1.165, 1.54) is 0 Å². The molecule has 1 aliphatic rings. The highest BCUT2D eigenvalue weighted by Gasteiger charge is 2.42. The molecule has 1 fully saturated rings. The number of aromatic amines is 1. The molecule has 0 saturated carbocycles. The minimum atomic E-state index is -1.73. The number of rotatable bonds is 7. The van der Waals surface area contributed by atoms with Crippen LogP contribution < -0.4 is 11.2 Å². The van der Waals surface area contributed by atoms with Gasteiger partial charge in [0.2, 0.25) is 0 Å². The fourth-order valence-electron chi connectivity index (χ4n) is 2.57. The minimum absolute atomic E-state index is 0.123. The lowest BCUT2D eigenvalue weighted by molar-refractivity contribution is -0.163. The van der Waals surface area contributed by atoms with Crippen LogP contribution in [-0.2, 0) is 14.3 Å². The van der Waals surface area contributed by atoms with Crippen molar-refractivity contribution in [2.45, 2.75) is 31.1 Å². The average molecular weight is 359 g/mol. The molecule has 1 aliphatic heterocycles. The van der Waals surface area contributed by atoms with Gasteiger partial charge in [0.15, 0.2) is 0 Å². The van der Waals surface area contributed by atoms with Crippen LogP contribution in [0.1, 0.15) is 12.6 Å². The van der Waals surface area contributed by atoms with E-state index in [1.54, 1.807) is 0 Å². The molecule has 12 heteroatoms. The van der Waals surface area contributed by atoms with Gasteiger partial charge in [-0.15, -0.1) is 0 Å². The average Bonchev–Trinajstić information content (AvgIpc) is 2.86. The first-order chi connectivity index (χ1) is 11.7. The van der Waals surface area contributed by atoms with Crippen LogP contribution in [0, 0.1) is 0 Å². The number of carboxylic acids is 2. The first-order valence-electron chi connectivity index (χ1n) is 7.19.